The standard InChI is InChI=1S/C29H31F4N3O.C2H6.H2/c1-4-9-20-12-13-22(28(37)35-25-17-23(29(31,32)33)16-24(30)18-25)15-21(20)10-7-8-11-26-19-34-27(6-3)36(26)14-5-2;1-2;/h5,7,10,12-19H,4,6,8-9,11H2,1-3H3,(H,35,37);1-2H3;1H/b10-7+,14-5-;;. The van der Waals surface area contributed by atoms with Gasteiger partial charge < -0.3 is 9.88 Å². The third kappa shape index (κ3) is 8.94. The Morgan fingerprint density at radius 3 is 2.49 bits per heavy atom. The van der Waals surface area contributed by atoms with Crippen molar-refractivity contribution in [2.45, 2.75) is 72.9 Å². The minimum absolute atomic E-state index is 0. The number of allylic oxidation sites excluding steroid dienone is 2. The molecule has 1 heterocycles. The number of rotatable bonds is 10. The van der Waals surface area contributed by atoms with Gasteiger partial charge in [0.15, 0.2) is 0 Å². The van der Waals surface area contributed by atoms with E-state index < -0.39 is 23.5 Å². The number of nitrogens with zero attached hydrogens (tertiary/aromatic N) is 2. The molecule has 1 aromatic heterocycles. The molecule has 0 unspecified atom stereocenters. The topological polar surface area (TPSA) is 46.9 Å². The lowest BCUT2D eigenvalue weighted by Crippen LogP contribution is -2.14. The van der Waals surface area contributed by atoms with Crippen molar-refractivity contribution >= 4 is 23.9 Å². The van der Waals surface area contributed by atoms with Gasteiger partial charge >= 0.3 is 6.18 Å². The van der Waals surface area contributed by atoms with Crippen LogP contribution >= 0.6 is 0 Å². The van der Waals surface area contributed by atoms with E-state index in [1.807, 2.05) is 57.5 Å². The van der Waals surface area contributed by atoms with E-state index in [0.717, 1.165) is 66.9 Å². The normalized spacial score (nSPS) is 11.6. The molecular formula is C31H39F4N3O. The van der Waals surface area contributed by atoms with Gasteiger partial charge in [0, 0.05) is 37.2 Å². The molecule has 0 radical (unpaired) electrons. The molecule has 212 valence electrons. The molecular weight excluding hydrogens is 506 g/mol. The number of benzene rings is 2. The number of hydrogen-bond donors (Lipinski definition) is 1. The largest absolute Gasteiger partial charge is 0.416 e. The molecule has 39 heavy (non-hydrogen) atoms. The van der Waals surface area contributed by atoms with E-state index in [4.69, 9.17) is 0 Å². The van der Waals surface area contributed by atoms with Crippen LogP contribution in [0.5, 0.6) is 0 Å². The molecule has 0 bridgehead atoms. The maximum absolute atomic E-state index is 13.7. The molecule has 0 saturated carbocycles. The van der Waals surface area contributed by atoms with E-state index in [-0.39, 0.29) is 12.7 Å². The number of carbonyl (C=O) groups excluding carboxylic acids is 1. The summed E-state index contributed by atoms with van der Waals surface area (Å²) in [5.74, 6) is -0.686. The molecule has 3 aromatic rings. The number of aryl methyl sites for hydroxylation is 3. The van der Waals surface area contributed by atoms with Crippen LogP contribution in [0.2, 0.25) is 0 Å². The summed E-state index contributed by atoms with van der Waals surface area (Å²) in [5.41, 5.74) is 1.89. The Hall–Kier alpha value is -3.68. The van der Waals surface area contributed by atoms with Crippen LogP contribution in [0.15, 0.2) is 54.7 Å². The van der Waals surface area contributed by atoms with Crippen molar-refractivity contribution in [2.75, 3.05) is 5.32 Å². The predicted molar refractivity (Wildman–Crippen MR) is 153 cm³/mol. The Morgan fingerprint density at radius 1 is 1.10 bits per heavy atom. The Bertz CT molecular complexity index is 1300. The zero-order valence-electron chi connectivity index (χ0n) is 23.2. The van der Waals surface area contributed by atoms with Crippen LogP contribution in [-0.2, 0) is 25.4 Å². The van der Waals surface area contributed by atoms with Crippen LogP contribution in [0, 0.1) is 5.82 Å². The van der Waals surface area contributed by atoms with Crippen molar-refractivity contribution in [3.05, 3.63) is 94.3 Å². The van der Waals surface area contributed by atoms with Gasteiger partial charge in [0.05, 0.1) is 5.56 Å². The van der Waals surface area contributed by atoms with E-state index >= 15 is 0 Å². The maximum atomic E-state index is 13.7. The Balaban J connectivity index is 0.00000261. The fourth-order valence-corrected chi connectivity index (χ4v) is 4.08. The third-order valence-corrected chi connectivity index (χ3v) is 5.84. The fraction of sp³-hybridized carbons (Fsp3) is 0.355. The van der Waals surface area contributed by atoms with Crippen molar-refractivity contribution in [3.63, 3.8) is 0 Å². The minimum atomic E-state index is -4.72. The summed E-state index contributed by atoms with van der Waals surface area (Å²) in [6, 6.07) is 7.16. The number of halogens is 4. The molecule has 4 nitrogen and oxygen atoms in total. The summed E-state index contributed by atoms with van der Waals surface area (Å²) in [4.78, 5) is 17.3. The predicted octanol–water partition coefficient (Wildman–Crippen LogP) is 9.22. The summed E-state index contributed by atoms with van der Waals surface area (Å²) < 4.78 is 54.9. The molecule has 3 rings (SSSR count). The van der Waals surface area contributed by atoms with Crippen molar-refractivity contribution in [3.8, 4) is 0 Å². The van der Waals surface area contributed by atoms with Gasteiger partial charge in [0.2, 0.25) is 0 Å². The number of amides is 1. The van der Waals surface area contributed by atoms with Crippen molar-refractivity contribution < 1.29 is 23.8 Å². The first-order valence-corrected chi connectivity index (χ1v) is 13.3. The van der Waals surface area contributed by atoms with Crippen LogP contribution in [0.25, 0.3) is 12.3 Å². The second kappa shape index (κ2) is 15.0. The molecule has 0 saturated heterocycles. The number of nitrogens with one attached hydrogen (secondary N) is 1. The highest BCUT2D eigenvalue weighted by Crippen LogP contribution is 2.32. The van der Waals surface area contributed by atoms with Crippen LogP contribution in [0.3, 0.4) is 0 Å². The number of imidazole rings is 1. The van der Waals surface area contributed by atoms with Gasteiger partial charge in [-0.1, -0.05) is 58.4 Å². The lowest BCUT2D eigenvalue weighted by Gasteiger charge is -2.12. The van der Waals surface area contributed by atoms with E-state index in [9.17, 15) is 22.4 Å². The molecule has 1 amide bonds. The molecule has 8 heteroatoms. The average Bonchev–Trinajstić information content (AvgIpc) is 3.29. The summed E-state index contributed by atoms with van der Waals surface area (Å²) >= 11 is 0. The number of alkyl halides is 3. The first-order valence-electron chi connectivity index (χ1n) is 13.3. The first-order chi connectivity index (χ1) is 18.7. The quantitative estimate of drug-likeness (QED) is 0.258. The van der Waals surface area contributed by atoms with Gasteiger partial charge in [0.1, 0.15) is 11.6 Å². The highest BCUT2D eigenvalue weighted by Gasteiger charge is 2.31. The summed E-state index contributed by atoms with van der Waals surface area (Å²) in [7, 11) is 0. The van der Waals surface area contributed by atoms with Crippen LogP contribution in [-0.4, -0.2) is 15.5 Å². The first kappa shape index (κ1) is 31.5. The number of aromatic nitrogens is 2. The number of anilines is 1. The van der Waals surface area contributed by atoms with Gasteiger partial charge in [-0.3, -0.25) is 4.79 Å². The lowest BCUT2D eigenvalue weighted by molar-refractivity contribution is -0.137. The number of hydrogen-bond acceptors (Lipinski definition) is 2. The van der Waals surface area contributed by atoms with E-state index in [1.54, 1.807) is 12.1 Å². The van der Waals surface area contributed by atoms with Gasteiger partial charge in [-0.2, -0.15) is 13.2 Å². The summed E-state index contributed by atoms with van der Waals surface area (Å²) in [6.07, 6.45) is 9.26. The van der Waals surface area contributed by atoms with Gasteiger partial charge in [0.25, 0.3) is 5.91 Å². The monoisotopic (exact) mass is 545 g/mol. The van der Waals surface area contributed by atoms with E-state index in [0.29, 0.717) is 6.07 Å². The summed E-state index contributed by atoms with van der Waals surface area (Å²) in [6.45, 7) is 10.1. The average molecular weight is 546 g/mol. The van der Waals surface area contributed by atoms with Crippen molar-refractivity contribution in [1.29, 1.82) is 0 Å². The fourth-order valence-electron chi connectivity index (χ4n) is 4.08. The Morgan fingerprint density at radius 2 is 1.85 bits per heavy atom. The van der Waals surface area contributed by atoms with E-state index in [1.165, 1.54) is 0 Å². The SMILES string of the molecule is C/C=C\n1c(CC/C=C/c2cc(C(=O)Nc3cc(F)cc(C(F)(F)F)c3)ccc2CCC)cnc1CC.CC.[HH]. The number of carbonyl (C=O) groups is 1. The molecule has 0 fully saturated rings. The van der Waals surface area contributed by atoms with E-state index in [2.05, 4.69) is 28.7 Å². The molecule has 0 aliphatic carbocycles. The highest BCUT2D eigenvalue weighted by atomic mass is 19.4. The molecule has 0 aliphatic heterocycles. The highest BCUT2D eigenvalue weighted by molar-refractivity contribution is 6.04. The summed E-state index contributed by atoms with van der Waals surface area (Å²) in [5, 5.41) is 2.39. The van der Waals surface area contributed by atoms with Crippen LogP contribution < -0.4 is 5.32 Å². The minimum Gasteiger partial charge on any atom is -0.322 e. The molecule has 0 atom stereocenters. The zero-order chi connectivity index (χ0) is 29.0. The zero-order valence-corrected chi connectivity index (χ0v) is 23.2. The maximum Gasteiger partial charge on any atom is 0.416 e. The third-order valence-electron chi connectivity index (χ3n) is 5.84. The van der Waals surface area contributed by atoms with Gasteiger partial charge in [-0.05, 0) is 67.6 Å². The van der Waals surface area contributed by atoms with Gasteiger partial charge in [-0.25, -0.2) is 9.37 Å². The molecule has 0 spiro atoms. The van der Waals surface area contributed by atoms with Crippen LogP contribution in [0.4, 0.5) is 23.2 Å². The molecule has 2 aromatic carbocycles. The van der Waals surface area contributed by atoms with Crippen molar-refractivity contribution in [1.82, 2.24) is 9.55 Å². The smallest absolute Gasteiger partial charge is 0.322 e. The van der Waals surface area contributed by atoms with Crippen LogP contribution in [0.1, 0.15) is 87.5 Å². The molecule has 1 N–H and O–H groups in total. The van der Waals surface area contributed by atoms with Gasteiger partial charge in [-0.15, -0.1) is 0 Å². The second-order valence-electron chi connectivity index (χ2n) is 8.66. The second-order valence-corrected chi connectivity index (χ2v) is 8.66. The Kier molecular flexibility index (Phi) is 12.2. The Labute approximate surface area is 230 Å². The lowest BCUT2D eigenvalue weighted by atomic mass is 9.99. The molecule has 0 aliphatic rings. The van der Waals surface area contributed by atoms with Crippen molar-refractivity contribution in [2.24, 2.45) is 0 Å².